The number of methoxy groups -OCH3 is 3. The first kappa shape index (κ1) is 17.3. The van der Waals surface area contributed by atoms with Crippen molar-refractivity contribution in [3.05, 3.63) is 45.2 Å². The lowest BCUT2D eigenvalue weighted by Gasteiger charge is -2.14. The minimum Gasteiger partial charge on any atom is -0.497 e. The first-order valence-electron chi connectivity index (χ1n) is 6.78. The van der Waals surface area contributed by atoms with Crippen LogP contribution in [0, 0.1) is 3.57 Å². The van der Waals surface area contributed by atoms with Crippen molar-refractivity contribution in [1.29, 1.82) is 0 Å². The molecule has 23 heavy (non-hydrogen) atoms. The van der Waals surface area contributed by atoms with Crippen molar-refractivity contribution >= 4 is 34.4 Å². The number of rotatable bonds is 6. The molecular weight excluding hydrogens is 411 g/mol. The molecule has 0 atom stereocenters. The number of nitrogens with one attached hydrogen (secondary N) is 1. The van der Waals surface area contributed by atoms with Crippen LogP contribution in [-0.4, -0.2) is 32.3 Å². The van der Waals surface area contributed by atoms with Crippen LogP contribution in [0.15, 0.2) is 30.5 Å². The first-order valence-corrected chi connectivity index (χ1v) is 7.86. The molecule has 2 aromatic rings. The predicted molar refractivity (Wildman–Crippen MR) is 95.2 cm³/mol. The van der Waals surface area contributed by atoms with Crippen molar-refractivity contribution in [1.82, 2.24) is 4.98 Å². The van der Waals surface area contributed by atoms with Gasteiger partial charge in [-0.1, -0.05) is 0 Å². The van der Waals surface area contributed by atoms with E-state index in [1.54, 1.807) is 32.5 Å². The summed E-state index contributed by atoms with van der Waals surface area (Å²) in [4.78, 5) is 16.2. The number of carbonyl (C=O) groups excluding carboxylic acids is 1. The Labute approximate surface area is 148 Å². The van der Waals surface area contributed by atoms with E-state index in [4.69, 9.17) is 14.2 Å². The molecule has 1 aromatic carbocycles. The maximum absolute atomic E-state index is 11.9. The van der Waals surface area contributed by atoms with E-state index >= 15 is 0 Å². The van der Waals surface area contributed by atoms with Gasteiger partial charge in [0.2, 0.25) is 0 Å². The van der Waals surface area contributed by atoms with Crippen LogP contribution in [0.3, 0.4) is 0 Å². The van der Waals surface area contributed by atoms with Gasteiger partial charge in [0.1, 0.15) is 22.9 Å². The van der Waals surface area contributed by atoms with Crippen molar-refractivity contribution in [2.75, 3.05) is 26.6 Å². The summed E-state index contributed by atoms with van der Waals surface area (Å²) in [6, 6.07) is 7.31. The second-order valence-corrected chi connectivity index (χ2v) is 5.70. The monoisotopic (exact) mass is 428 g/mol. The normalized spacial score (nSPS) is 10.1. The number of anilines is 1. The zero-order chi connectivity index (χ0) is 16.8. The molecule has 0 spiro atoms. The van der Waals surface area contributed by atoms with Crippen LogP contribution in [0.5, 0.6) is 11.5 Å². The Balaban J connectivity index is 2.25. The van der Waals surface area contributed by atoms with Crippen molar-refractivity contribution in [2.45, 2.75) is 6.54 Å². The Kier molecular flexibility index (Phi) is 6.03. The largest absolute Gasteiger partial charge is 0.497 e. The number of halogens is 1. The number of hydrogen-bond acceptors (Lipinski definition) is 6. The molecule has 0 aliphatic carbocycles. The molecule has 0 saturated heterocycles. The van der Waals surface area contributed by atoms with Gasteiger partial charge in [-0.3, -0.25) is 0 Å². The van der Waals surface area contributed by atoms with Gasteiger partial charge in [-0.05, 0) is 40.8 Å². The molecule has 0 bridgehead atoms. The summed E-state index contributed by atoms with van der Waals surface area (Å²) >= 11 is 2.08. The number of aromatic nitrogens is 1. The van der Waals surface area contributed by atoms with Gasteiger partial charge in [-0.25, -0.2) is 9.78 Å². The van der Waals surface area contributed by atoms with Crippen molar-refractivity contribution in [3.8, 4) is 11.5 Å². The summed E-state index contributed by atoms with van der Waals surface area (Å²) in [6.07, 6.45) is 1.64. The summed E-state index contributed by atoms with van der Waals surface area (Å²) < 4.78 is 16.1. The van der Waals surface area contributed by atoms with Crippen LogP contribution in [0.25, 0.3) is 0 Å². The van der Waals surface area contributed by atoms with Gasteiger partial charge in [0.25, 0.3) is 0 Å². The lowest BCUT2D eigenvalue weighted by Crippen LogP contribution is -2.12. The predicted octanol–water partition coefficient (Wildman–Crippen LogP) is 3.10. The van der Waals surface area contributed by atoms with E-state index < -0.39 is 5.97 Å². The van der Waals surface area contributed by atoms with Crippen LogP contribution in [0.4, 0.5) is 5.82 Å². The maximum atomic E-state index is 11.9. The topological polar surface area (TPSA) is 69.7 Å². The molecule has 0 radical (unpaired) electrons. The van der Waals surface area contributed by atoms with Gasteiger partial charge < -0.3 is 19.5 Å². The number of pyridine rings is 1. The van der Waals surface area contributed by atoms with E-state index in [9.17, 15) is 4.79 Å². The molecular formula is C16H17IN2O4. The number of carbonyl (C=O) groups is 1. The average molecular weight is 428 g/mol. The zero-order valence-corrected chi connectivity index (χ0v) is 15.2. The number of ether oxygens (including phenoxy) is 3. The molecule has 0 fully saturated rings. The van der Waals surface area contributed by atoms with E-state index in [-0.39, 0.29) is 0 Å². The third-order valence-corrected chi connectivity index (χ3v) is 4.13. The minimum absolute atomic E-state index is 0.420. The molecule has 1 aromatic heterocycles. The number of benzene rings is 1. The summed E-state index contributed by atoms with van der Waals surface area (Å²) in [7, 11) is 4.55. The van der Waals surface area contributed by atoms with E-state index in [1.807, 2.05) is 12.1 Å². The van der Waals surface area contributed by atoms with Gasteiger partial charge >= 0.3 is 5.97 Å². The zero-order valence-electron chi connectivity index (χ0n) is 13.1. The Hall–Kier alpha value is -2.03. The lowest BCUT2D eigenvalue weighted by molar-refractivity contribution is 0.0600. The molecule has 7 heteroatoms. The molecule has 0 saturated carbocycles. The molecule has 122 valence electrons. The molecule has 6 nitrogen and oxygen atoms in total. The van der Waals surface area contributed by atoms with Crippen molar-refractivity contribution in [2.24, 2.45) is 0 Å². The first-order chi connectivity index (χ1) is 11.1. The Morgan fingerprint density at radius 3 is 2.65 bits per heavy atom. The fourth-order valence-corrected chi connectivity index (χ4v) is 2.68. The van der Waals surface area contributed by atoms with Crippen LogP contribution in [0.2, 0.25) is 0 Å². The summed E-state index contributed by atoms with van der Waals surface area (Å²) in [5, 5.41) is 3.16. The van der Waals surface area contributed by atoms with Gasteiger partial charge in [0, 0.05) is 27.9 Å². The molecule has 1 heterocycles. The quantitative estimate of drug-likeness (QED) is 0.564. The molecule has 1 N–H and O–H groups in total. The van der Waals surface area contributed by atoms with Crippen molar-refractivity contribution < 1.29 is 19.0 Å². The van der Waals surface area contributed by atoms with Gasteiger partial charge in [-0.2, -0.15) is 0 Å². The van der Waals surface area contributed by atoms with E-state index in [2.05, 4.69) is 32.9 Å². The highest BCUT2D eigenvalue weighted by Crippen LogP contribution is 2.26. The maximum Gasteiger partial charge on any atom is 0.342 e. The molecule has 0 aliphatic heterocycles. The van der Waals surface area contributed by atoms with Crippen LogP contribution in [0.1, 0.15) is 15.9 Å². The summed E-state index contributed by atoms with van der Waals surface area (Å²) in [5.74, 6) is 1.46. The second-order valence-electron chi connectivity index (χ2n) is 4.54. The minimum atomic E-state index is -0.424. The SMILES string of the molecule is COC(=O)c1c(I)ccnc1NCc1ccc(OC)cc1OC. The fraction of sp³-hybridized carbons (Fsp3) is 0.250. The van der Waals surface area contributed by atoms with Gasteiger partial charge in [0.15, 0.2) is 0 Å². The number of hydrogen-bond donors (Lipinski definition) is 1. The van der Waals surface area contributed by atoms with Gasteiger partial charge in [0.05, 0.1) is 21.3 Å². The lowest BCUT2D eigenvalue weighted by atomic mass is 10.2. The number of nitrogens with zero attached hydrogens (tertiary/aromatic N) is 1. The number of esters is 1. The fourth-order valence-electron chi connectivity index (χ4n) is 2.05. The standard InChI is InChI=1S/C16H17IN2O4/c1-21-11-5-4-10(13(8-11)22-2)9-19-15-14(16(20)23-3)12(17)6-7-18-15/h4-8H,9H2,1-3H3,(H,18,19). The summed E-state index contributed by atoms with van der Waals surface area (Å²) in [6.45, 7) is 0.449. The highest BCUT2D eigenvalue weighted by Gasteiger charge is 2.17. The van der Waals surface area contributed by atoms with E-state index in [0.717, 1.165) is 9.13 Å². The third-order valence-electron chi connectivity index (χ3n) is 3.23. The third kappa shape index (κ3) is 4.04. The molecule has 0 aliphatic rings. The summed E-state index contributed by atoms with van der Waals surface area (Å²) in [5.41, 5.74) is 1.34. The van der Waals surface area contributed by atoms with Crippen LogP contribution in [-0.2, 0) is 11.3 Å². The van der Waals surface area contributed by atoms with Crippen LogP contribution < -0.4 is 14.8 Å². The van der Waals surface area contributed by atoms with Gasteiger partial charge in [-0.15, -0.1) is 0 Å². The Morgan fingerprint density at radius 2 is 2.00 bits per heavy atom. The van der Waals surface area contributed by atoms with Crippen LogP contribution >= 0.6 is 22.6 Å². The molecule has 0 amide bonds. The smallest absolute Gasteiger partial charge is 0.342 e. The molecule has 0 unspecified atom stereocenters. The highest BCUT2D eigenvalue weighted by molar-refractivity contribution is 14.1. The average Bonchev–Trinajstić information content (AvgIpc) is 2.59. The van der Waals surface area contributed by atoms with Crippen molar-refractivity contribution in [3.63, 3.8) is 0 Å². The Bertz CT molecular complexity index is 706. The highest BCUT2D eigenvalue weighted by atomic mass is 127. The second kappa shape index (κ2) is 8.00. The van der Waals surface area contributed by atoms with E-state index in [0.29, 0.717) is 29.4 Å². The molecule has 2 rings (SSSR count). The van der Waals surface area contributed by atoms with E-state index in [1.165, 1.54) is 7.11 Å². The Morgan fingerprint density at radius 1 is 1.22 bits per heavy atom.